The molecule has 3 aromatic carbocycles. The molecule has 1 N–H and O–H groups in total. The van der Waals surface area contributed by atoms with Gasteiger partial charge in [-0.25, -0.2) is 0 Å². The fourth-order valence-electron chi connectivity index (χ4n) is 4.37. The molecule has 0 aromatic heterocycles. The number of aliphatic hydroxyl groups is 1. The molecule has 6 heteroatoms. The summed E-state index contributed by atoms with van der Waals surface area (Å²) in [5.41, 5.74) is 3.14. The Balaban J connectivity index is 1.85. The SMILES string of the molecule is COc1ccc(CN2C(=O)C(=O)/C(=C(\O)c3ccccc3OC)C2c2ccc(C(C)C)cc2)cc1. The van der Waals surface area contributed by atoms with Crippen LogP contribution in [0.4, 0.5) is 0 Å². The molecule has 0 spiro atoms. The predicted octanol–water partition coefficient (Wildman–Crippen LogP) is 5.45. The Bertz CT molecular complexity index is 1260. The summed E-state index contributed by atoms with van der Waals surface area (Å²) in [6.45, 7) is 4.41. The molecule has 1 atom stereocenters. The maximum absolute atomic E-state index is 13.3. The standard InChI is InChI=1S/C29H29NO5/c1-18(2)20-11-13-21(14-12-20)26-25(27(31)23-7-5-6-8-24(23)35-4)28(32)29(33)30(26)17-19-9-15-22(34-3)16-10-19/h5-16,18,26,31H,17H2,1-4H3/b27-25-. The Kier molecular flexibility index (Phi) is 6.92. The van der Waals surface area contributed by atoms with E-state index in [9.17, 15) is 14.7 Å². The molecule has 1 amide bonds. The summed E-state index contributed by atoms with van der Waals surface area (Å²) in [6, 6.07) is 21.3. The summed E-state index contributed by atoms with van der Waals surface area (Å²) >= 11 is 0. The van der Waals surface area contributed by atoms with Crippen molar-refractivity contribution in [1.82, 2.24) is 4.90 Å². The van der Waals surface area contributed by atoms with Crippen molar-refractivity contribution in [3.05, 3.63) is 101 Å². The first kappa shape index (κ1) is 24.1. The first-order valence-corrected chi connectivity index (χ1v) is 11.5. The van der Waals surface area contributed by atoms with Crippen molar-refractivity contribution in [2.45, 2.75) is 32.4 Å². The minimum atomic E-state index is -0.747. The van der Waals surface area contributed by atoms with E-state index in [1.807, 2.05) is 48.5 Å². The third-order valence-corrected chi connectivity index (χ3v) is 6.33. The van der Waals surface area contributed by atoms with Crippen molar-refractivity contribution in [3.8, 4) is 11.5 Å². The quantitative estimate of drug-likeness (QED) is 0.282. The van der Waals surface area contributed by atoms with E-state index in [-0.39, 0.29) is 17.9 Å². The van der Waals surface area contributed by atoms with Crippen molar-refractivity contribution < 1.29 is 24.2 Å². The minimum Gasteiger partial charge on any atom is -0.507 e. The number of benzene rings is 3. The molecule has 0 aliphatic carbocycles. The normalized spacial score (nSPS) is 17.2. The Hall–Kier alpha value is -4.06. The molecule has 6 nitrogen and oxygen atoms in total. The van der Waals surface area contributed by atoms with Crippen LogP contribution >= 0.6 is 0 Å². The number of aliphatic hydroxyl groups excluding tert-OH is 1. The fraction of sp³-hybridized carbons (Fsp3) is 0.241. The topological polar surface area (TPSA) is 76.1 Å². The maximum atomic E-state index is 13.3. The second-order valence-electron chi connectivity index (χ2n) is 8.80. The van der Waals surface area contributed by atoms with Crippen LogP contribution in [0.1, 0.15) is 48.1 Å². The number of nitrogens with zero attached hydrogens (tertiary/aromatic N) is 1. The summed E-state index contributed by atoms with van der Waals surface area (Å²) in [7, 11) is 3.09. The lowest BCUT2D eigenvalue weighted by Crippen LogP contribution is -2.29. The van der Waals surface area contributed by atoms with Gasteiger partial charge in [0.1, 0.15) is 17.3 Å². The second kappa shape index (κ2) is 10.1. The van der Waals surface area contributed by atoms with Gasteiger partial charge in [-0.05, 0) is 46.9 Å². The minimum absolute atomic E-state index is 0.0466. The van der Waals surface area contributed by atoms with Crippen molar-refractivity contribution in [1.29, 1.82) is 0 Å². The van der Waals surface area contributed by atoms with Gasteiger partial charge in [-0.2, -0.15) is 0 Å². The highest BCUT2D eigenvalue weighted by Crippen LogP contribution is 2.42. The summed E-state index contributed by atoms with van der Waals surface area (Å²) in [4.78, 5) is 28.1. The number of hydrogen-bond donors (Lipinski definition) is 1. The molecule has 0 bridgehead atoms. The molecule has 1 heterocycles. The largest absolute Gasteiger partial charge is 0.507 e. The van der Waals surface area contributed by atoms with Gasteiger partial charge in [0.25, 0.3) is 11.7 Å². The van der Waals surface area contributed by atoms with Gasteiger partial charge < -0.3 is 19.5 Å². The van der Waals surface area contributed by atoms with Crippen LogP contribution in [-0.4, -0.2) is 35.9 Å². The highest BCUT2D eigenvalue weighted by atomic mass is 16.5. The maximum Gasteiger partial charge on any atom is 0.295 e. The van der Waals surface area contributed by atoms with Gasteiger partial charge in [-0.1, -0.05) is 62.4 Å². The number of amides is 1. The molecule has 35 heavy (non-hydrogen) atoms. The average molecular weight is 472 g/mol. The van der Waals surface area contributed by atoms with Crippen molar-refractivity contribution in [2.75, 3.05) is 14.2 Å². The number of methoxy groups -OCH3 is 2. The highest BCUT2D eigenvalue weighted by Gasteiger charge is 2.46. The molecule has 1 unspecified atom stereocenters. The van der Waals surface area contributed by atoms with E-state index < -0.39 is 17.7 Å². The number of carbonyl (C=O) groups excluding carboxylic acids is 2. The highest BCUT2D eigenvalue weighted by molar-refractivity contribution is 6.46. The van der Waals surface area contributed by atoms with Crippen LogP contribution in [0.15, 0.2) is 78.4 Å². The molecular weight excluding hydrogens is 442 g/mol. The first-order valence-electron chi connectivity index (χ1n) is 11.5. The molecule has 1 aliphatic heterocycles. The summed E-state index contributed by atoms with van der Waals surface area (Å²) in [5.74, 6) is -0.178. The van der Waals surface area contributed by atoms with Gasteiger partial charge in [-0.15, -0.1) is 0 Å². The summed E-state index contributed by atoms with van der Waals surface area (Å²) in [6.07, 6.45) is 0. The second-order valence-corrected chi connectivity index (χ2v) is 8.80. The van der Waals surface area contributed by atoms with Crippen LogP contribution in [0.3, 0.4) is 0 Å². The molecule has 0 saturated carbocycles. The van der Waals surface area contributed by atoms with Gasteiger partial charge >= 0.3 is 0 Å². The van der Waals surface area contributed by atoms with Crippen LogP contribution in [0.2, 0.25) is 0 Å². The smallest absolute Gasteiger partial charge is 0.295 e. The monoisotopic (exact) mass is 471 g/mol. The number of ketones is 1. The Morgan fingerprint density at radius 3 is 2.17 bits per heavy atom. The van der Waals surface area contributed by atoms with E-state index in [4.69, 9.17) is 9.47 Å². The molecule has 3 aromatic rings. The van der Waals surface area contributed by atoms with E-state index in [1.54, 1.807) is 31.4 Å². The van der Waals surface area contributed by atoms with Gasteiger partial charge in [0.05, 0.1) is 31.4 Å². The lowest BCUT2D eigenvalue weighted by atomic mass is 9.93. The number of Topliss-reactive ketones (excluding diaryl/α,β-unsaturated/α-hetero) is 1. The molecule has 180 valence electrons. The van der Waals surface area contributed by atoms with Gasteiger partial charge in [0.15, 0.2) is 0 Å². The van der Waals surface area contributed by atoms with Crippen molar-refractivity contribution in [2.24, 2.45) is 0 Å². The lowest BCUT2D eigenvalue weighted by Gasteiger charge is -2.26. The van der Waals surface area contributed by atoms with E-state index in [0.717, 1.165) is 16.7 Å². The average Bonchev–Trinajstić information content (AvgIpc) is 3.13. The Labute approximate surface area is 205 Å². The molecule has 4 rings (SSSR count). The number of rotatable bonds is 7. The van der Waals surface area contributed by atoms with Crippen molar-refractivity contribution >= 4 is 17.4 Å². The number of hydrogen-bond acceptors (Lipinski definition) is 5. The molecule has 1 fully saturated rings. The van der Waals surface area contributed by atoms with Crippen LogP contribution < -0.4 is 9.47 Å². The summed E-state index contributed by atoms with van der Waals surface area (Å²) < 4.78 is 10.6. The van der Waals surface area contributed by atoms with Crippen molar-refractivity contribution in [3.63, 3.8) is 0 Å². The predicted molar refractivity (Wildman–Crippen MR) is 134 cm³/mol. The van der Waals surface area contributed by atoms with Crippen LogP contribution in [0.5, 0.6) is 11.5 Å². The van der Waals surface area contributed by atoms with Crippen LogP contribution in [-0.2, 0) is 16.1 Å². The number of para-hydroxylation sites is 1. The third kappa shape index (κ3) is 4.64. The first-order chi connectivity index (χ1) is 16.8. The lowest BCUT2D eigenvalue weighted by molar-refractivity contribution is -0.140. The molecule has 1 saturated heterocycles. The van der Waals surface area contributed by atoms with E-state index in [0.29, 0.717) is 23.0 Å². The van der Waals surface area contributed by atoms with Crippen LogP contribution in [0, 0.1) is 0 Å². The zero-order chi connectivity index (χ0) is 25.1. The molecule has 1 aliphatic rings. The summed E-state index contributed by atoms with van der Waals surface area (Å²) in [5, 5.41) is 11.3. The zero-order valence-corrected chi connectivity index (χ0v) is 20.3. The van der Waals surface area contributed by atoms with Gasteiger partial charge in [0.2, 0.25) is 0 Å². The Morgan fingerprint density at radius 2 is 1.57 bits per heavy atom. The van der Waals surface area contributed by atoms with Crippen LogP contribution in [0.25, 0.3) is 5.76 Å². The third-order valence-electron chi connectivity index (χ3n) is 6.33. The Morgan fingerprint density at radius 1 is 0.914 bits per heavy atom. The zero-order valence-electron chi connectivity index (χ0n) is 20.3. The molecular formula is C29H29NO5. The van der Waals surface area contributed by atoms with E-state index >= 15 is 0 Å². The fourth-order valence-corrected chi connectivity index (χ4v) is 4.37. The van der Waals surface area contributed by atoms with E-state index in [1.165, 1.54) is 12.0 Å². The number of likely N-dealkylation sites (tertiary alicyclic amines) is 1. The number of carbonyl (C=O) groups is 2. The molecule has 0 radical (unpaired) electrons. The number of ether oxygens (including phenoxy) is 2. The van der Waals surface area contributed by atoms with Gasteiger partial charge in [0, 0.05) is 6.54 Å². The van der Waals surface area contributed by atoms with Gasteiger partial charge in [-0.3, -0.25) is 9.59 Å². The van der Waals surface area contributed by atoms with E-state index in [2.05, 4.69) is 13.8 Å².